The van der Waals surface area contributed by atoms with E-state index in [1.54, 1.807) is 6.21 Å². The summed E-state index contributed by atoms with van der Waals surface area (Å²) in [7, 11) is 0. The highest BCUT2D eigenvalue weighted by molar-refractivity contribution is 6.34. The number of hydrogen-bond donors (Lipinski definition) is 2. The van der Waals surface area contributed by atoms with Crippen molar-refractivity contribution < 1.29 is 0 Å². The van der Waals surface area contributed by atoms with Crippen molar-refractivity contribution in [2.24, 2.45) is 5.10 Å². The Kier molecular flexibility index (Phi) is 4.36. The summed E-state index contributed by atoms with van der Waals surface area (Å²) >= 11 is 0. The Morgan fingerprint density at radius 1 is 0.850 bits per heavy atom. The Morgan fingerprint density at radius 2 is 1.30 bits per heavy atom. The van der Waals surface area contributed by atoms with Gasteiger partial charge >= 0.3 is 0 Å². The van der Waals surface area contributed by atoms with E-state index < -0.39 is 5.79 Å². The topological polar surface area (TPSA) is 54.7 Å². The van der Waals surface area contributed by atoms with Gasteiger partial charge < -0.3 is 0 Å². The van der Waals surface area contributed by atoms with Gasteiger partial charge in [0, 0.05) is 26.2 Å². The Balaban J connectivity index is 1.85. The third kappa shape index (κ3) is 2.49. The van der Waals surface area contributed by atoms with Crippen LogP contribution in [0.5, 0.6) is 0 Å². The molecular formula is C15H27N5. The molecule has 2 N–H and O–H groups in total. The molecule has 0 aliphatic carbocycles. The summed E-state index contributed by atoms with van der Waals surface area (Å²) in [6.45, 7) is 4.31. The lowest BCUT2D eigenvalue weighted by Crippen LogP contribution is -2.70. The van der Waals surface area contributed by atoms with Crippen LogP contribution in [-0.2, 0) is 0 Å². The number of nitrogens with zero attached hydrogens (tertiary/aromatic N) is 3. The summed E-state index contributed by atoms with van der Waals surface area (Å²) in [4.78, 5) is 4.95. The molecule has 0 amide bonds. The first-order valence-electron chi connectivity index (χ1n) is 8.23. The van der Waals surface area contributed by atoms with E-state index in [1.807, 2.05) is 0 Å². The molecular weight excluding hydrogens is 250 g/mol. The van der Waals surface area contributed by atoms with Gasteiger partial charge in [-0.25, -0.2) is 0 Å². The summed E-state index contributed by atoms with van der Waals surface area (Å²) in [5.41, 5.74) is 3.94. The lowest BCUT2D eigenvalue weighted by Gasteiger charge is -2.47. The Morgan fingerprint density at radius 3 is 1.65 bits per heavy atom. The molecule has 0 aromatic rings. The Labute approximate surface area is 121 Å². The molecule has 2 fully saturated rings. The van der Waals surface area contributed by atoms with Gasteiger partial charge in [-0.3, -0.25) is 20.6 Å². The predicted octanol–water partition coefficient (Wildman–Crippen LogP) is 2.00. The highest BCUT2D eigenvalue weighted by Gasteiger charge is 2.48. The number of likely N-dealkylation sites (tertiary alicyclic amines) is 2. The van der Waals surface area contributed by atoms with E-state index in [1.165, 1.54) is 51.4 Å². The third-order valence-corrected chi connectivity index (χ3v) is 4.92. The van der Waals surface area contributed by atoms with Crippen LogP contribution in [-0.4, -0.2) is 53.7 Å². The SMILES string of the molecule is N=C1C=NNC1(N1CCCCCC1)N1CCCCCC1. The van der Waals surface area contributed by atoms with Crippen LogP contribution in [0, 0.1) is 5.41 Å². The molecule has 3 rings (SSSR count). The zero-order valence-electron chi connectivity index (χ0n) is 12.4. The first-order chi connectivity index (χ1) is 9.84. The van der Waals surface area contributed by atoms with Crippen molar-refractivity contribution in [2.75, 3.05) is 26.2 Å². The van der Waals surface area contributed by atoms with Crippen LogP contribution >= 0.6 is 0 Å². The van der Waals surface area contributed by atoms with Gasteiger partial charge in [0.15, 0.2) is 0 Å². The Bertz CT molecular complexity index is 342. The number of hydrogen-bond acceptors (Lipinski definition) is 5. The standard InChI is InChI=1S/C15H27N5/c16-14-13-17-18-15(14,19-9-5-1-2-6-10-19)20-11-7-3-4-8-12-20/h13,16,18H,1-12H2. The molecule has 0 saturated carbocycles. The zero-order chi connectivity index (χ0) is 13.8. The lowest BCUT2D eigenvalue weighted by molar-refractivity contribution is -0.0238. The zero-order valence-corrected chi connectivity index (χ0v) is 12.4. The molecule has 0 atom stereocenters. The maximum absolute atomic E-state index is 8.47. The van der Waals surface area contributed by atoms with Gasteiger partial charge in [-0.2, -0.15) is 5.10 Å². The molecule has 0 aromatic heterocycles. The minimum absolute atomic E-state index is 0.450. The quantitative estimate of drug-likeness (QED) is 0.812. The molecule has 0 unspecified atom stereocenters. The van der Waals surface area contributed by atoms with Crippen molar-refractivity contribution in [2.45, 2.75) is 57.2 Å². The second-order valence-electron chi connectivity index (χ2n) is 6.26. The fourth-order valence-electron chi connectivity index (χ4n) is 3.81. The van der Waals surface area contributed by atoms with E-state index in [9.17, 15) is 0 Å². The normalized spacial score (nSPS) is 28.9. The van der Waals surface area contributed by atoms with E-state index in [-0.39, 0.29) is 0 Å². The van der Waals surface area contributed by atoms with Crippen molar-refractivity contribution in [3.05, 3.63) is 0 Å². The largest absolute Gasteiger partial charge is 0.298 e. The van der Waals surface area contributed by atoms with Crippen LogP contribution < -0.4 is 5.43 Å². The molecule has 112 valence electrons. The van der Waals surface area contributed by atoms with Crippen molar-refractivity contribution in [3.63, 3.8) is 0 Å². The fraction of sp³-hybridized carbons (Fsp3) is 0.867. The lowest BCUT2D eigenvalue weighted by atomic mass is 10.1. The summed E-state index contributed by atoms with van der Waals surface area (Å²) < 4.78 is 0. The van der Waals surface area contributed by atoms with E-state index >= 15 is 0 Å². The minimum Gasteiger partial charge on any atom is -0.298 e. The molecule has 5 nitrogen and oxygen atoms in total. The third-order valence-electron chi connectivity index (χ3n) is 4.92. The average Bonchev–Trinajstić information content (AvgIpc) is 2.74. The smallest absolute Gasteiger partial charge is 0.209 e. The molecule has 0 spiro atoms. The van der Waals surface area contributed by atoms with Gasteiger partial charge in [0.1, 0.15) is 5.71 Å². The second kappa shape index (κ2) is 6.22. The molecule has 3 heterocycles. The molecule has 20 heavy (non-hydrogen) atoms. The van der Waals surface area contributed by atoms with Gasteiger partial charge in [-0.15, -0.1) is 0 Å². The van der Waals surface area contributed by atoms with E-state index in [2.05, 4.69) is 20.3 Å². The van der Waals surface area contributed by atoms with Gasteiger partial charge in [0.2, 0.25) is 5.79 Å². The summed E-state index contributed by atoms with van der Waals surface area (Å²) in [5, 5.41) is 12.7. The molecule has 5 heteroatoms. The molecule has 3 aliphatic heterocycles. The van der Waals surface area contributed by atoms with Crippen LogP contribution in [0.25, 0.3) is 0 Å². The summed E-state index contributed by atoms with van der Waals surface area (Å²) in [6, 6.07) is 0. The highest BCUT2D eigenvalue weighted by atomic mass is 15.6. The fourth-order valence-corrected chi connectivity index (χ4v) is 3.81. The molecule has 3 aliphatic rings. The van der Waals surface area contributed by atoms with E-state index in [0.717, 1.165) is 26.2 Å². The summed E-state index contributed by atoms with van der Waals surface area (Å²) in [6.07, 6.45) is 11.9. The first-order valence-corrected chi connectivity index (χ1v) is 8.23. The van der Waals surface area contributed by atoms with Crippen LogP contribution in [0.4, 0.5) is 0 Å². The Hall–Kier alpha value is -0.940. The number of rotatable bonds is 2. The number of hydrazone groups is 1. The van der Waals surface area contributed by atoms with Gasteiger partial charge in [0.25, 0.3) is 0 Å². The molecule has 0 bridgehead atoms. The first kappa shape index (κ1) is 14.0. The van der Waals surface area contributed by atoms with Crippen molar-refractivity contribution in [3.8, 4) is 0 Å². The second-order valence-corrected chi connectivity index (χ2v) is 6.26. The van der Waals surface area contributed by atoms with E-state index in [4.69, 9.17) is 5.41 Å². The van der Waals surface area contributed by atoms with Crippen LogP contribution in [0.1, 0.15) is 51.4 Å². The molecule has 2 saturated heterocycles. The maximum atomic E-state index is 8.47. The van der Waals surface area contributed by atoms with Crippen molar-refractivity contribution in [1.29, 1.82) is 5.41 Å². The van der Waals surface area contributed by atoms with Crippen LogP contribution in [0.15, 0.2) is 5.10 Å². The van der Waals surface area contributed by atoms with Gasteiger partial charge in [0.05, 0.1) is 6.21 Å². The minimum atomic E-state index is -0.450. The van der Waals surface area contributed by atoms with Crippen molar-refractivity contribution >= 4 is 11.9 Å². The predicted molar refractivity (Wildman–Crippen MR) is 82.2 cm³/mol. The summed E-state index contributed by atoms with van der Waals surface area (Å²) in [5.74, 6) is -0.450. The van der Waals surface area contributed by atoms with Crippen LogP contribution in [0.3, 0.4) is 0 Å². The monoisotopic (exact) mass is 277 g/mol. The van der Waals surface area contributed by atoms with Crippen molar-refractivity contribution in [1.82, 2.24) is 15.2 Å². The highest BCUT2D eigenvalue weighted by Crippen LogP contribution is 2.28. The number of nitrogens with one attached hydrogen (secondary N) is 2. The van der Waals surface area contributed by atoms with E-state index in [0.29, 0.717) is 5.71 Å². The van der Waals surface area contributed by atoms with Crippen LogP contribution in [0.2, 0.25) is 0 Å². The maximum Gasteiger partial charge on any atom is 0.209 e. The average molecular weight is 277 g/mol. The van der Waals surface area contributed by atoms with Gasteiger partial charge in [-0.05, 0) is 25.7 Å². The molecule has 0 aromatic carbocycles. The molecule has 0 radical (unpaired) electrons. The van der Waals surface area contributed by atoms with Gasteiger partial charge in [-0.1, -0.05) is 25.7 Å².